The van der Waals surface area contributed by atoms with E-state index in [1.54, 1.807) is 0 Å². The standard InChI is InChI=1S/C56H37NO/c1-2-12-38(13-3-1)40-28-32-46(33-29-40)57(54-37-45-14-4-5-17-48(45)50-18-6-7-19-51(50)54)47-34-30-41(31-35-47)39-24-26-42(27-25-39)43-15-10-16-44(36-43)49-21-11-22-53-52-20-8-9-23-55(52)58-56(49)53/h1-37H. The molecule has 0 radical (unpaired) electrons. The Morgan fingerprint density at radius 1 is 0.293 bits per heavy atom. The summed E-state index contributed by atoms with van der Waals surface area (Å²) in [5, 5.41) is 7.23. The Kier molecular flexibility index (Phi) is 8.19. The predicted octanol–water partition coefficient (Wildman–Crippen LogP) is 16.0. The Morgan fingerprint density at radius 3 is 1.48 bits per heavy atom. The van der Waals surface area contributed by atoms with Crippen LogP contribution in [0.1, 0.15) is 0 Å². The summed E-state index contributed by atoms with van der Waals surface area (Å²) in [4.78, 5) is 2.40. The number of para-hydroxylation sites is 2. The van der Waals surface area contributed by atoms with Crippen LogP contribution < -0.4 is 4.90 Å². The molecule has 0 N–H and O–H groups in total. The summed E-state index contributed by atoms with van der Waals surface area (Å²) in [6.45, 7) is 0. The van der Waals surface area contributed by atoms with Gasteiger partial charge in [-0.2, -0.15) is 0 Å². The first-order valence-corrected chi connectivity index (χ1v) is 19.8. The van der Waals surface area contributed by atoms with Crippen molar-refractivity contribution < 1.29 is 4.42 Å². The number of hydrogen-bond acceptors (Lipinski definition) is 2. The van der Waals surface area contributed by atoms with E-state index in [1.165, 1.54) is 54.9 Å². The van der Waals surface area contributed by atoms with Gasteiger partial charge in [0.15, 0.2) is 0 Å². The second-order valence-electron chi connectivity index (χ2n) is 14.9. The lowest BCUT2D eigenvalue weighted by molar-refractivity contribution is 0.670. The van der Waals surface area contributed by atoms with Gasteiger partial charge in [0.05, 0.1) is 5.69 Å². The highest BCUT2D eigenvalue weighted by Crippen LogP contribution is 2.43. The largest absolute Gasteiger partial charge is 0.455 e. The second-order valence-corrected chi connectivity index (χ2v) is 14.9. The minimum Gasteiger partial charge on any atom is -0.455 e. The fraction of sp³-hybridized carbons (Fsp3) is 0. The number of rotatable bonds is 7. The summed E-state index contributed by atoms with van der Waals surface area (Å²) in [6.07, 6.45) is 0. The number of benzene rings is 10. The Balaban J connectivity index is 0.941. The molecule has 0 aliphatic heterocycles. The molecule has 0 aliphatic rings. The Labute approximate surface area is 337 Å². The van der Waals surface area contributed by atoms with Crippen LogP contribution in [0.4, 0.5) is 17.1 Å². The number of fused-ring (bicyclic) bond motifs is 6. The van der Waals surface area contributed by atoms with Gasteiger partial charge in [0.1, 0.15) is 11.2 Å². The molecular weight excluding hydrogens is 703 g/mol. The van der Waals surface area contributed by atoms with E-state index >= 15 is 0 Å². The third-order valence-electron chi connectivity index (χ3n) is 11.5. The molecule has 11 aromatic rings. The maximum atomic E-state index is 6.38. The van der Waals surface area contributed by atoms with Crippen molar-refractivity contribution in [1.82, 2.24) is 0 Å². The van der Waals surface area contributed by atoms with E-state index in [0.29, 0.717) is 0 Å². The fourth-order valence-corrected chi connectivity index (χ4v) is 8.58. The first-order chi connectivity index (χ1) is 28.7. The van der Waals surface area contributed by atoms with Crippen LogP contribution in [0.15, 0.2) is 229 Å². The summed E-state index contributed by atoms with van der Waals surface area (Å²) in [5.74, 6) is 0. The van der Waals surface area contributed by atoms with Gasteiger partial charge in [-0.1, -0.05) is 182 Å². The van der Waals surface area contributed by atoms with Crippen molar-refractivity contribution in [3.05, 3.63) is 224 Å². The van der Waals surface area contributed by atoms with Crippen LogP contribution >= 0.6 is 0 Å². The third kappa shape index (κ3) is 5.91. The Morgan fingerprint density at radius 2 is 0.776 bits per heavy atom. The van der Waals surface area contributed by atoms with E-state index in [-0.39, 0.29) is 0 Å². The van der Waals surface area contributed by atoms with Crippen molar-refractivity contribution in [1.29, 1.82) is 0 Å². The van der Waals surface area contributed by atoms with Crippen LogP contribution in [0.25, 0.3) is 88.0 Å². The Bertz CT molecular complexity index is 3250. The van der Waals surface area contributed by atoms with Gasteiger partial charge in [-0.05, 0) is 97.6 Å². The van der Waals surface area contributed by atoms with Crippen molar-refractivity contribution in [3.8, 4) is 44.5 Å². The third-order valence-corrected chi connectivity index (χ3v) is 11.5. The quantitative estimate of drug-likeness (QED) is 0.151. The first kappa shape index (κ1) is 33.6. The lowest BCUT2D eigenvalue weighted by Crippen LogP contribution is -2.10. The molecule has 0 fully saturated rings. The van der Waals surface area contributed by atoms with Crippen molar-refractivity contribution in [3.63, 3.8) is 0 Å². The molecule has 0 aliphatic carbocycles. The van der Waals surface area contributed by atoms with Gasteiger partial charge in [-0.15, -0.1) is 0 Å². The van der Waals surface area contributed by atoms with Gasteiger partial charge in [0.25, 0.3) is 0 Å². The fourth-order valence-electron chi connectivity index (χ4n) is 8.58. The molecule has 0 atom stereocenters. The van der Waals surface area contributed by atoms with Crippen molar-refractivity contribution in [2.24, 2.45) is 0 Å². The summed E-state index contributed by atoms with van der Waals surface area (Å²) < 4.78 is 6.38. The van der Waals surface area contributed by atoms with Crippen LogP contribution in [-0.2, 0) is 0 Å². The zero-order valence-electron chi connectivity index (χ0n) is 31.7. The summed E-state index contributed by atoms with van der Waals surface area (Å²) in [7, 11) is 0. The molecule has 0 spiro atoms. The molecular formula is C56H37NO. The maximum absolute atomic E-state index is 6.38. The van der Waals surface area contributed by atoms with E-state index in [4.69, 9.17) is 4.42 Å². The molecule has 272 valence electrons. The molecule has 0 unspecified atom stereocenters. The molecule has 10 aromatic carbocycles. The average Bonchev–Trinajstić information content (AvgIpc) is 3.69. The molecule has 0 bridgehead atoms. The predicted molar refractivity (Wildman–Crippen MR) is 245 cm³/mol. The molecule has 58 heavy (non-hydrogen) atoms. The number of nitrogens with zero attached hydrogens (tertiary/aromatic N) is 1. The molecule has 1 aromatic heterocycles. The molecule has 2 heteroatoms. The SMILES string of the molecule is c1ccc(-c2ccc(N(c3ccc(-c4ccc(-c5cccc(-c6cccc7c6oc6ccccc67)c5)cc4)cc3)c3cc4ccccc4c4ccccc34)cc2)cc1. The lowest BCUT2D eigenvalue weighted by atomic mass is 9.96. The molecule has 1 heterocycles. The molecule has 11 rings (SSSR count). The van der Waals surface area contributed by atoms with E-state index in [1.807, 2.05) is 12.1 Å². The molecule has 0 amide bonds. The normalized spacial score (nSPS) is 11.4. The summed E-state index contributed by atoms with van der Waals surface area (Å²) >= 11 is 0. The summed E-state index contributed by atoms with van der Waals surface area (Å²) in [6, 6.07) is 80.6. The van der Waals surface area contributed by atoms with Gasteiger partial charge in [-0.3, -0.25) is 0 Å². The first-order valence-electron chi connectivity index (χ1n) is 19.8. The summed E-state index contributed by atoms with van der Waals surface area (Å²) in [5.41, 5.74) is 14.5. The Hall–Kier alpha value is -7.68. The molecule has 2 nitrogen and oxygen atoms in total. The van der Waals surface area contributed by atoms with Gasteiger partial charge in [0.2, 0.25) is 0 Å². The number of furan rings is 1. The van der Waals surface area contributed by atoms with Gasteiger partial charge in [-0.25, -0.2) is 0 Å². The van der Waals surface area contributed by atoms with E-state index < -0.39 is 0 Å². The molecule has 0 saturated heterocycles. The van der Waals surface area contributed by atoms with Crippen molar-refractivity contribution in [2.45, 2.75) is 0 Å². The highest BCUT2D eigenvalue weighted by molar-refractivity contribution is 6.14. The minimum absolute atomic E-state index is 0.914. The minimum atomic E-state index is 0.914. The second kappa shape index (κ2) is 14.1. The van der Waals surface area contributed by atoms with Crippen LogP contribution in [0.2, 0.25) is 0 Å². The van der Waals surface area contributed by atoms with Gasteiger partial charge in [0, 0.05) is 33.1 Å². The average molecular weight is 740 g/mol. The highest BCUT2D eigenvalue weighted by Gasteiger charge is 2.18. The molecule has 0 saturated carbocycles. The monoisotopic (exact) mass is 739 g/mol. The van der Waals surface area contributed by atoms with E-state index in [0.717, 1.165) is 50.1 Å². The zero-order chi connectivity index (χ0) is 38.4. The van der Waals surface area contributed by atoms with Crippen molar-refractivity contribution >= 4 is 60.5 Å². The lowest BCUT2D eigenvalue weighted by Gasteiger charge is -2.28. The van der Waals surface area contributed by atoms with Crippen LogP contribution in [-0.4, -0.2) is 0 Å². The van der Waals surface area contributed by atoms with Crippen LogP contribution in [0.3, 0.4) is 0 Å². The van der Waals surface area contributed by atoms with Crippen LogP contribution in [0, 0.1) is 0 Å². The van der Waals surface area contributed by atoms with Gasteiger partial charge < -0.3 is 9.32 Å². The number of hydrogen-bond donors (Lipinski definition) is 0. The zero-order valence-corrected chi connectivity index (χ0v) is 31.7. The van der Waals surface area contributed by atoms with Crippen LogP contribution in [0.5, 0.6) is 0 Å². The van der Waals surface area contributed by atoms with E-state index in [9.17, 15) is 0 Å². The van der Waals surface area contributed by atoms with E-state index in [2.05, 4.69) is 217 Å². The smallest absolute Gasteiger partial charge is 0.143 e. The van der Waals surface area contributed by atoms with Crippen molar-refractivity contribution in [2.75, 3.05) is 4.90 Å². The van der Waals surface area contributed by atoms with Gasteiger partial charge >= 0.3 is 0 Å². The topological polar surface area (TPSA) is 16.4 Å². The number of anilines is 3. The highest BCUT2D eigenvalue weighted by atomic mass is 16.3. The maximum Gasteiger partial charge on any atom is 0.143 e.